The van der Waals surface area contributed by atoms with Crippen molar-refractivity contribution in [2.45, 2.75) is 0 Å². The summed E-state index contributed by atoms with van der Waals surface area (Å²) in [5.41, 5.74) is -1.21. The molecule has 0 amide bonds. The van der Waals surface area contributed by atoms with Gasteiger partial charge in [0.1, 0.15) is 4.70 Å². The van der Waals surface area contributed by atoms with Gasteiger partial charge in [-0.2, -0.15) is 0 Å². The smallest absolute Gasteiger partial charge is 0.313 e. The van der Waals surface area contributed by atoms with E-state index in [1.54, 1.807) is 18.2 Å². The van der Waals surface area contributed by atoms with Crippen LogP contribution < -0.4 is 22.5 Å². The fourth-order valence-corrected chi connectivity index (χ4v) is 4.41. The molecule has 5 aromatic rings. The number of thiophene rings is 1. The van der Waals surface area contributed by atoms with Crippen molar-refractivity contribution in [3.63, 3.8) is 0 Å². The zero-order valence-electron chi connectivity index (χ0n) is 14.7. The highest BCUT2D eigenvalue weighted by molar-refractivity contribution is 7.22. The van der Waals surface area contributed by atoms with Crippen LogP contribution >= 0.6 is 11.3 Å². The summed E-state index contributed by atoms with van der Waals surface area (Å²) in [7, 11) is 0. The van der Waals surface area contributed by atoms with Crippen LogP contribution in [0.4, 0.5) is 0 Å². The van der Waals surface area contributed by atoms with Crippen molar-refractivity contribution in [3.8, 4) is 16.1 Å². The summed E-state index contributed by atoms with van der Waals surface area (Å²) in [6.45, 7) is 0. The molecule has 3 heterocycles. The third-order valence-corrected chi connectivity index (χ3v) is 5.82. The number of benzene rings is 2. The summed E-state index contributed by atoms with van der Waals surface area (Å²) >= 11 is 1.07. The maximum atomic E-state index is 13.2. The molecule has 0 radical (unpaired) electrons. The Morgan fingerprint density at radius 1 is 0.897 bits per heavy atom. The van der Waals surface area contributed by atoms with Crippen molar-refractivity contribution >= 4 is 32.3 Å². The van der Waals surface area contributed by atoms with E-state index in [2.05, 4.69) is 15.0 Å². The molecule has 3 aromatic heterocycles. The van der Waals surface area contributed by atoms with Gasteiger partial charge in [0.05, 0.1) is 16.8 Å². The van der Waals surface area contributed by atoms with Crippen molar-refractivity contribution in [2.75, 3.05) is 0 Å². The summed E-state index contributed by atoms with van der Waals surface area (Å²) in [4.78, 5) is 57.0. The van der Waals surface area contributed by atoms with Crippen molar-refractivity contribution in [1.29, 1.82) is 0 Å². The fraction of sp³-hybridized carbons (Fsp3) is 0. The molecule has 9 heteroatoms. The Kier molecular flexibility index (Phi) is 3.71. The lowest BCUT2D eigenvalue weighted by Crippen LogP contribution is -2.33. The molecule has 0 aliphatic rings. The molecule has 0 aliphatic heterocycles. The molecule has 0 aliphatic carbocycles. The minimum atomic E-state index is -0.619. The van der Waals surface area contributed by atoms with Crippen LogP contribution in [0.2, 0.25) is 0 Å². The highest BCUT2D eigenvalue weighted by atomic mass is 32.1. The highest BCUT2D eigenvalue weighted by Gasteiger charge is 2.16. The number of aromatic nitrogens is 4. The highest BCUT2D eigenvalue weighted by Crippen LogP contribution is 2.28. The summed E-state index contributed by atoms with van der Waals surface area (Å²) in [5, 5.41) is 1.68. The lowest BCUT2D eigenvalue weighted by molar-refractivity contribution is 0.911. The van der Waals surface area contributed by atoms with E-state index < -0.39 is 22.5 Å². The van der Waals surface area contributed by atoms with E-state index >= 15 is 0 Å². The molecule has 0 bridgehead atoms. The van der Waals surface area contributed by atoms with Gasteiger partial charge in [0.15, 0.2) is 0 Å². The quantitative estimate of drug-likeness (QED) is 0.416. The second kappa shape index (κ2) is 6.28. The number of nitrogens with zero attached hydrogens (tertiary/aromatic N) is 1. The molecule has 0 saturated carbocycles. The van der Waals surface area contributed by atoms with Crippen LogP contribution in [0.15, 0.2) is 73.9 Å². The Hall–Kier alpha value is -3.98. The summed E-state index contributed by atoms with van der Waals surface area (Å²) < 4.78 is 1.40. The summed E-state index contributed by atoms with van der Waals surface area (Å²) in [5.74, 6) is 0. The second-order valence-corrected chi connectivity index (χ2v) is 7.46. The SMILES string of the molecule is O=c1[nH]cc(-c2cc3[nH]c(=O)n(-c4cccc5ccccc45)c(=O)c3s2)c(=O)[nH]1. The Morgan fingerprint density at radius 2 is 1.69 bits per heavy atom. The van der Waals surface area contributed by atoms with Crippen LogP contribution in [0, 0.1) is 0 Å². The minimum Gasteiger partial charge on any atom is -0.313 e. The second-order valence-electron chi connectivity index (χ2n) is 6.41. The largest absolute Gasteiger partial charge is 0.333 e. The Bertz CT molecular complexity index is 1650. The topological polar surface area (TPSA) is 121 Å². The van der Waals surface area contributed by atoms with Gasteiger partial charge in [0.2, 0.25) is 0 Å². The maximum absolute atomic E-state index is 13.2. The number of aromatic amines is 3. The van der Waals surface area contributed by atoms with Crippen LogP contribution in [0.1, 0.15) is 0 Å². The molecule has 8 nitrogen and oxygen atoms in total. The normalized spacial score (nSPS) is 11.3. The van der Waals surface area contributed by atoms with Gasteiger partial charge in [-0.05, 0) is 17.5 Å². The summed E-state index contributed by atoms with van der Waals surface area (Å²) in [6, 6.07) is 14.4. The van der Waals surface area contributed by atoms with Crippen LogP contribution in [0.25, 0.3) is 37.1 Å². The van der Waals surface area contributed by atoms with Gasteiger partial charge in [-0.15, -0.1) is 11.3 Å². The number of hydrogen-bond donors (Lipinski definition) is 3. The third-order valence-electron chi connectivity index (χ3n) is 4.67. The molecule has 3 N–H and O–H groups in total. The molecule has 0 atom stereocenters. The maximum Gasteiger partial charge on any atom is 0.333 e. The minimum absolute atomic E-state index is 0.211. The van der Waals surface area contributed by atoms with Gasteiger partial charge in [0, 0.05) is 16.5 Å². The molecule has 0 spiro atoms. The number of nitrogens with one attached hydrogen (secondary N) is 3. The van der Waals surface area contributed by atoms with Crippen LogP contribution in [0.5, 0.6) is 0 Å². The Morgan fingerprint density at radius 3 is 2.52 bits per heavy atom. The first-order chi connectivity index (χ1) is 14.0. The molecule has 5 rings (SSSR count). The molecule has 0 unspecified atom stereocenters. The first kappa shape index (κ1) is 17.1. The lowest BCUT2D eigenvalue weighted by Gasteiger charge is -2.08. The first-order valence-corrected chi connectivity index (χ1v) is 9.44. The molecule has 2 aromatic carbocycles. The lowest BCUT2D eigenvalue weighted by atomic mass is 10.1. The molecule has 142 valence electrons. The number of fused-ring (bicyclic) bond motifs is 2. The van der Waals surface area contributed by atoms with Crippen molar-refractivity contribution in [1.82, 2.24) is 19.5 Å². The van der Waals surface area contributed by atoms with Crippen molar-refractivity contribution in [3.05, 3.63) is 96.4 Å². The van der Waals surface area contributed by atoms with Gasteiger partial charge in [-0.1, -0.05) is 36.4 Å². The van der Waals surface area contributed by atoms with Gasteiger partial charge in [-0.25, -0.2) is 14.2 Å². The molecular weight excluding hydrogens is 392 g/mol. The molecular formula is C20H12N4O4S. The monoisotopic (exact) mass is 404 g/mol. The van der Waals surface area contributed by atoms with Crippen molar-refractivity contribution < 1.29 is 0 Å². The van der Waals surface area contributed by atoms with Gasteiger partial charge < -0.3 is 9.97 Å². The third kappa shape index (κ3) is 2.67. The average Bonchev–Trinajstić information content (AvgIpc) is 3.12. The predicted molar refractivity (Wildman–Crippen MR) is 112 cm³/mol. The van der Waals surface area contributed by atoms with E-state index in [1.165, 1.54) is 6.20 Å². The zero-order valence-corrected chi connectivity index (χ0v) is 15.5. The average molecular weight is 404 g/mol. The van der Waals surface area contributed by atoms with Gasteiger partial charge in [-0.3, -0.25) is 14.6 Å². The Balaban J connectivity index is 1.81. The zero-order chi connectivity index (χ0) is 20.1. The first-order valence-electron chi connectivity index (χ1n) is 8.62. The van der Waals surface area contributed by atoms with E-state index in [1.807, 2.05) is 30.3 Å². The van der Waals surface area contributed by atoms with Crippen LogP contribution in [0.3, 0.4) is 0 Å². The Labute approximate surface area is 164 Å². The van der Waals surface area contributed by atoms with E-state index in [0.29, 0.717) is 20.8 Å². The van der Waals surface area contributed by atoms with Crippen LogP contribution in [-0.4, -0.2) is 19.5 Å². The van der Waals surface area contributed by atoms with Crippen molar-refractivity contribution in [2.24, 2.45) is 0 Å². The van der Waals surface area contributed by atoms with Gasteiger partial charge >= 0.3 is 11.4 Å². The predicted octanol–water partition coefficient (Wildman–Crippen LogP) is 1.94. The number of H-pyrrole nitrogens is 3. The fourth-order valence-electron chi connectivity index (χ4n) is 3.36. The standard InChI is InChI=1S/C20H12N4O4S/c25-17-12(9-21-19(27)23-17)15-8-13-16(29-15)18(26)24(20(28)22-13)14-7-3-5-10-4-1-2-6-11(10)14/h1-9H,(H,22,28)(H2,21,23,25,27). The van der Waals surface area contributed by atoms with E-state index in [0.717, 1.165) is 26.7 Å². The van der Waals surface area contributed by atoms with Gasteiger partial charge in [0.25, 0.3) is 11.1 Å². The van der Waals surface area contributed by atoms with E-state index in [-0.39, 0.29) is 5.56 Å². The molecule has 29 heavy (non-hydrogen) atoms. The van der Waals surface area contributed by atoms with E-state index in [9.17, 15) is 19.2 Å². The molecule has 0 saturated heterocycles. The van der Waals surface area contributed by atoms with Crippen LogP contribution in [-0.2, 0) is 0 Å². The number of hydrogen-bond acceptors (Lipinski definition) is 5. The number of rotatable bonds is 2. The van der Waals surface area contributed by atoms with E-state index in [4.69, 9.17) is 0 Å². The molecule has 0 fully saturated rings. The summed E-state index contributed by atoms with van der Waals surface area (Å²) in [6.07, 6.45) is 1.28.